The Hall–Kier alpha value is -1.09. The van der Waals surface area contributed by atoms with Crippen LogP contribution < -0.4 is 10.6 Å². The monoisotopic (exact) mass is 224 g/mol. The summed E-state index contributed by atoms with van der Waals surface area (Å²) in [5.74, 6) is -0.197. The minimum Gasteiger partial charge on any atom is -0.371 e. The first-order valence-electron chi connectivity index (χ1n) is 5.96. The fourth-order valence-corrected chi connectivity index (χ4v) is 1.81. The van der Waals surface area contributed by atoms with Gasteiger partial charge in [0.15, 0.2) is 0 Å². The topological polar surface area (TPSA) is 29.3 Å². The Morgan fingerprint density at radius 3 is 2.25 bits per heavy atom. The number of rotatable bonds is 6. The van der Waals surface area contributed by atoms with Crippen LogP contribution in [0.4, 0.5) is 10.1 Å². The summed E-state index contributed by atoms with van der Waals surface area (Å²) in [5, 5.41) is 0. The second-order valence-corrected chi connectivity index (χ2v) is 3.97. The van der Waals surface area contributed by atoms with Crippen molar-refractivity contribution in [3.8, 4) is 0 Å². The van der Waals surface area contributed by atoms with Crippen molar-refractivity contribution >= 4 is 5.69 Å². The van der Waals surface area contributed by atoms with Crippen LogP contribution in [-0.2, 0) is 6.54 Å². The van der Waals surface area contributed by atoms with Crippen LogP contribution in [-0.4, -0.2) is 13.1 Å². The van der Waals surface area contributed by atoms with Gasteiger partial charge in [-0.05, 0) is 25.0 Å². The summed E-state index contributed by atoms with van der Waals surface area (Å²) in [6.07, 6.45) is 2.14. The van der Waals surface area contributed by atoms with E-state index in [-0.39, 0.29) is 12.4 Å². The smallest absolute Gasteiger partial charge is 0.129 e. The molecule has 0 spiro atoms. The minimum absolute atomic E-state index is 0.197. The lowest BCUT2D eigenvalue weighted by Gasteiger charge is -2.24. The van der Waals surface area contributed by atoms with Crippen LogP contribution >= 0.6 is 0 Å². The van der Waals surface area contributed by atoms with E-state index in [0.717, 1.165) is 31.6 Å². The molecule has 0 aliphatic carbocycles. The van der Waals surface area contributed by atoms with Crippen molar-refractivity contribution in [1.82, 2.24) is 0 Å². The third kappa shape index (κ3) is 3.20. The quantitative estimate of drug-likeness (QED) is 0.805. The SMILES string of the molecule is CCCN(CCC)c1ccc(CN)c(F)c1. The van der Waals surface area contributed by atoms with E-state index >= 15 is 0 Å². The Morgan fingerprint density at radius 1 is 1.19 bits per heavy atom. The van der Waals surface area contributed by atoms with E-state index in [2.05, 4.69) is 18.7 Å². The van der Waals surface area contributed by atoms with Crippen molar-refractivity contribution in [2.75, 3.05) is 18.0 Å². The highest BCUT2D eigenvalue weighted by molar-refractivity contribution is 5.48. The predicted octanol–water partition coefficient (Wildman–Crippen LogP) is 2.91. The summed E-state index contributed by atoms with van der Waals surface area (Å²) in [7, 11) is 0. The molecule has 0 radical (unpaired) electrons. The third-order valence-electron chi connectivity index (χ3n) is 2.61. The van der Waals surface area contributed by atoms with Crippen molar-refractivity contribution in [3.63, 3.8) is 0 Å². The molecule has 0 unspecified atom stereocenters. The Bertz CT molecular complexity index is 320. The van der Waals surface area contributed by atoms with Crippen LogP contribution in [0.5, 0.6) is 0 Å². The molecule has 0 aliphatic heterocycles. The molecule has 0 aromatic heterocycles. The van der Waals surface area contributed by atoms with E-state index in [4.69, 9.17) is 5.73 Å². The van der Waals surface area contributed by atoms with E-state index in [1.807, 2.05) is 6.07 Å². The lowest BCUT2D eigenvalue weighted by molar-refractivity contribution is 0.608. The second-order valence-electron chi connectivity index (χ2n) is 3.97. The molecule has 2 N–H and O–H groups in total. The number of nitrogens with two attached hydrogens (primary N) is 1. The van der Waals surface area contributed by atoms with Crippen LogP contribution in [0.15, 0.2) is 18.2 Å². The Kier molecular flexibility index (Phi) is 5.26. The van der Waals surface area contributed by atoms with Gasteiger partial charge in [-0.25, -0.2) is 4.39 Å². The summed E-state index contributed by atoms with van der Waals surface area (Å²) >= 11 is 0. The highest BCUT2D eigenvalue weighted by atomic mass is 19.1. The van der Waals surface area contributed by atoms with Crippen molar-refractivity contribution in [2.24, 2.45) is 5.73 Å². The van der Waals surface area contributed by atoms with Crippen LogP contribution in [0.25, 0.3) is 0 Å². The number of hydrogen-bond acceptors (Lipinski definition) is 2. The van der Waals surface area contributed by atoms with Crippen LogP contribution in [0.1, 0.15) is 32.3 Å². The maximum absolute atomic E-state index is 13.6. The minimum atomic E-state index is -0.197. The van der Waals surface area contributed by atoms with Crippen molar-refractivity contribution < 1.29 is 4.39 Å². The lowest BCUT2D eigenvalue weighted by atomic mass is 10.1. The first kappa shape index (κ1) is 13.0. The van der Waals surface area contributed by atoms with Gasteiger partial charge in [0.05, 0.1) is 0 Å². The van der Waals surface area contributed by atoms with Gasteiger partial charge in [0, 0.05) is 30.9 Å². The van der Waals surface area contributed by atoms with Crippen LogP contribution in [0.2, 0.25) is 0 Å². The summed E-state index contributed by atoms with van der Waals surface area (Å²) in [6, 6.07) is 5.33. The average Bonchev–Trinajstić information content (AvgIpc) is 2.28. The molecule has 0 saturated carbocycles. The van der Waals surface area contributed by atoms with Crippen LogP contribution in [0, 0.1) is 5.82 Å². The molecule has 16 heavy (non-hydrogen) atoms. The van der Waals surface area contributed by atoms with Gasteiger partial charge >= 0.3 is 0 Å². The molecule has 2 nitrogen and oxygen atoms in total. The normalized spacial score (nSPS) is 10.5. The molecule has 1 aromatic carbocycles. The largest absolute Gasteiger partial charge is 0.371 e. The molecule has 0 bridgehead atoms. The third-order valence-corrected chi connectivity index (χ3v) is 2.61. The van der Waals surface area contributed by atoms with Crippen molar-refractivity contribution in [1.29, 1.82) is 0 Å². The van der Waals surface area contributed by atoms with Crippen molar-refractivity contribution in [3.05, 3.63) is 29.6 Å². The van der Waals surface area contributed by atoms with Gasteiger partial charge in [-0.1, -0.05) is 19.9 Å². The Morgan fingerprint density at radius 2 is 1.81 bits per heavy atom. The van der Waals surface area contributed by atoms with Gasteiger partial charge in [0.1, 0.15) is 5.82 Å². The van der Waals surface area contributed by atoms with E-state index < -0.39 is 0 Å². The van der Waals surface area contributed by atoms with Gasteiger partial charge < -0.3 is 10.6 Å². The standard InChI is InChI=1S/C13H21FN2/c1-3-7-16(8-4-2)12-6-5-11(10-15)13(14)9-12/h5-6,9H,3-4,7-8,10,15H2,1-2H3. The Labute approximate surface area is 97.3 Å². The van der Waals surface area contributed by atoms with Gasteiger partial charge in [0.2, 0.25) is 0 Å². The zero-order valence-electron chi connectivity index (χ0n) is 10.2. The molecule has 1 aromatic rings. The first-order valence-corrected chi connectivity index (χ1v) is 5.96. The summed E-state index contributed by atoms with van der Waals surface area (Å²) in [6.45, 7) is 6.46. The number of nitrogens with zero attached hydrogens (tertiary/aromatic N) is 1. The van der Waals surface area contributed by atoms with Gasteiger partial charge in [-0.3, -0.25) is 0 Å². The van der Waals surface area contributed by atoms with E-state index in [1.54, 1.807) is 12.1 Å². The van der Waals surface area contributed by atoms with Gasteiger partial charge in [0.25, 0.3) is 0 Å². The van der Waals surface area contributed by atoms with E-state index in [1.165, 1.54) is 0 Å². The molecule has 0 heterocycles. The molecule has 0 amide bonds. The summed E-state index contributed by atoms with van der Waals surface area (Å²) in [5.41, 5.74) is 6.98. The summed E-state index contributed by atoms with van der Waals surface area (Å²) in [4.78, 5) is 2.21. The average molecular weight is 224 g/mol. The number of hydrogen-bond donors (Lipinski definition) is 1. The maximum atomic E-state index is 13.6. The molecule has 0 saturated heterocycles. The van der Waals surface area contributed by atoms with Crippen LogP contribution in [0.3, 0.4) is 0 Å². The number of anilines is 1. The maximum Gasteiger partial charge on any atom is 0.129 e. The molecule has 0 atom stereocenters. The van der Waals surface area contributed by atoms with E-state index in [0.29, 0.717) is 5.56 Å². The highest BCUT2D eigenvalue weighted by Crippen LogP contribution is 2.19. The second kappa shape index (κ2) is 6.48. The first-order chi connectivity index (χ1) is 7.72. The highest BCUT2D eigenvalue weighted by Gasteiger charge is 2.07. The zero-order valence-corrected chi connectivity index (χ0v) is 10.2. The Balaban J connectivity index is 2.87. The predicted molar refractivity (Wildman–Crippen MR) is 67.1 cm³/mol. The molecule has 1 rings (SSSR count). The fourth-order valence-electron chi connectivity index (χ4n) is 1.81. The fraction of sp³-hybridized carbons (Fsp3) is 0.538. The summed E-state index contributed by atoms with van der Waals surface area (Å²) < 4.78 is 13.6. The molecular weight excluding hydrogens is 203 g/mol. The molecule has 90 valence electrons. The van der Waals surface area contributed by atoms with Gasteiger partial charge in [-0.2, -0.15) is 0 Å². The molecule has 3 heteroatoms. The number of halogens is 1. The van der Waals surface area contributed by atoms with Gasteiger partial charge in [-0.15, -0.1) is 0 Å². The molecule has 0 fully saturated rings. The molecular formula is C13H21FN2. The van der Waals surface area contributed by atoms with E-state index in [9.17, 15) is 4.39 Å². The van der Waals surface area contributed by atoms with Crippen molar-refractivity contribution in [2.45, 2.75) is 33.2 Å². The number of benzene rings is 1. The zero-order chi connectivity index (χ0) is 12.0. The lowest BCUT2D eigenvalue weighted by Crippen LogP contribution is -2.25. The molecule has 0 aliphatic rings.